The van der Waals surface area contributed by atoms with Crippen molar-refractivity contribution in [2.45, 2.75) is 0 Å². The fraction of sp³-hybridized carbons (Fsp3) is 0.211. The van der Waals surface area contributed by atoms with Crippen LogP contribution in [0, 0.1) is 0 Å². The lowest BCUT2D eigenvalue weighted by Gasteiger charge is -2.30. The van der Waals surface area contributed by atoms with Crippen LogP contribution in [0.15, 0.2) is 54.2 Å². The van der Waals surface area contributed by atoms with E-state index < -0.39 is 0 Å². The number of nitrogens with zero attached hydrogens (tertiary/aromatic N) is 3. The number of hydrogen-bond acceptors (Lipinski definition) is 6. The van der Waals surface area contributed by atoms with Crippen molar-refractivity contribution in [1.29, 1.82) is 0 Å². The molecule has 1 aliphatic heterocycles. The zero-order valence-electron chi connectivity index (χ0n) is 14.2. The Hall–Kier alpha value is -2.77. The molecule has 0 atom stereocenters. The number of thiazole rings is 1. The quantitative estimate of drug-likeness (QED) is 0.744. The average Bonchev–Trinajstić information content (AvgIpc) is 3.20. The van der Waals surface area contributed by atoms with Crippen LogP contribution < -0.4 is 15.5 Å². The van der Waals surface area contributed by atoms with Crippen molar-refractivity contribution in [3.63, 3.8) is 0 Å². The van der Waals surface area contributed by atoms with E-state index in [4.69, 9.17) is 0 Å². The van der Waals surface area contributed by atoms with Gasteiger partial charge in [0, 0.05) is 43.3 Å². The molecule has 1 aliphatic rings. The SMILES string of the molecule is O=C(Nc1cnccc1N1CCNCC1)c1nc(-c2ccccc2)cs1. The van der Waals surface area contributed by atoms with E-state index in [0.717, 1.165) is 48.8 Å². The zero-order valence-corrected chi connectivity index (χ0v) is 15.0. The van der Waals surface area contributed by atoms with Gasteiger partial charge in [0.15, 0.2) is 5.01 Å². The molecule has 1 amide bonds. The molecule has 7 heteroatoms. The van der Waals surface area contributed by atoms with E-state index in [1.54, 1.807) is 12.4 Å². The average molecular weight is 365 g/mol. The lowest BCUT2D eigenvalue weighted by molar-refractivity contribution is 0.102. The highest BCUT2D eigenvalue weighted by atomic mass is 32.1. The Morgan fingerprint density at radius 2 is 1.96 bits per heavy atom. The van der Waals surface area contributed by atoms with Gasteiger partial charge in [0.2, 0.25) is 0 Å². The number of nitrogens with one attached hydrogen (secondary N) is 2. The maximum atomic E-state index is 12.7. The summed E-state index contributed by atoms with van der Waals surface area (Å²) in [6.45, 7) is 3.68. The van der Waals surface area contributed by atoms with Gasteiger partial charge in [-0.25, -0.2) is 4.98 Å². The Morgan fingerprint density at radius 1 is 1.15 bits per heavy atom. The van der Waals surface area contributed by atoms with Gasteiger partial charge in [0.25, 0.3) is 5.91 Å². The van der Waals surface area contributed by atoms with Gasteiger partial charge in [-0.1, -0.05) is 30.3 Å². The van der Waals surface area contributed by atoms with Crippen LogP contribution in [0.3, 0.4) is 0 Å². The molecule has 2 N–H and O–H groups in total. The first-order chi connectivity index (χ1) is 12.8. The Morgan fingerprint density at radius 3 is 2.77 bits per heavy atom. The Labute approximate surface area is 155 Å². The molecule has 0 spiro atoms. The maximum absolute atomic E-state index is 12.7. The second-order valence-corrected chi connectivity index (χ2v) is 6.85. The van der Waals surface area contributed by atoms with Crippen molar-refractivity contribution in [2.24, 2.45) is 0 Å². The number of hydrogen-bond donors (Lipinski definition) is 2. The predicted molar refractivity (Wildman–Crippen MR) is 105 cm³/mol. The molecule has 132 valence electrons. The van der Waals surface area contributed by atoms with E-state index in [1.165, 1.54) is 11.3 Å². The molecule has 1 aromatic carbocycles. The van der Waals surface area contributed by atoms with Crippen LogP contribution in [0.25, 0.3) is 11.3 Å². The molecular weight excluding hydrogens is 346 g/mol. The number of amides is 1. The number of benzene rings is 1. The molecule has 0 bridgehead atoms. The van der Waals surface area contributed by atoms with Gasteiger partial charge in [-0.2, -0.15) is 0 Å². The number of rotatable bonds is 4. The molecule has 0 saturated carbocycles. The van der Waals surface area contributed by atoms with Crippen molar-refractivity contribution in [3.05, 3.63) is 59.2 Å². The van der Waals surface area contributed by atoms with Crippen molar-refractivity contribution >= 4 is 28.6 Å². The molecule has 1 saturated heterocycles. The van der Waals surface area contributed by atoms with Crippen molar-refractivity contribution in [2.75, 3.05) is 36.4 Å². The Kier molecular flexibility index (Phi) is 4.90. The van der Waals surface area contributed by atoms with Gasteiger partial charge >= 0.3 is 0 Å². The highest BCUT2D eigenvalue weighted by Crippen LogP contribution is 2.27. The fourth-order valence-corrected chi connectivity index (χ4v) is 3.68. The lowest BCUT2D eigenvalue weighted by atomic mass is 10.2. The third-order valence-corrected chi connectivity index (χ3v) is 5.11. The standard InChI is InChI=1S/C19H19N5OS/c25-18(19-23-16(13-26-19)14-4-2-1-3-5-14)22-15-12-21-7-6-17(15)24-10-8-20-9-11-24/h1-7,12-13,20H,8-11H2,(H,22,25). The summed E-state index contributed by atoms with van der Waals surface area (Å²) in [6, 6.07) is 11.8. The molecule has 0 unspecified atom stereocenters. The first-order valence-corrected chi connectivity index (χ1v) is 9.41. The van der Waals surface area contributed by atoms with Crippen LogP contribution in [0.2, 0.25) is 0 Å². The second-order valence-electron chi connectivity index (χ2n) is 5.99. The van der Waals surface area contributed by atoms with Gasteiger partial charge in [0.1, 0.15) is 0 Å². The molecule has 0 aliphatic carbocycles. The highest BCUT2D eigenvalue weighted by molar-refractivity contribution is 7.12. The van der Waals surface area contributed by atoms with Crippen LogP contribution in [-0.2, 0) is 0 Å². The summed E-state index contributed by atoms with van der Waals surface area (Å²) in [5.74, 6) is -0.207. The Bertz CT molecular complexity index is 890. The number of piperazine rings is 1. The minimum Gasteiger partial charge on any atom is -0.367 e. The third kappa shape index (κ3) is 3.58. The molecule has 0 radical (unpaired) electrons. The monoisotopic (exact) mass is 365 g/mol. The van der Waals surface area contributed by atoms with E-state index in [0.29, 0.717) is 5.01 Å². The first kappa shape index (κ1) is 16.7. The number of aromatic nitrogens is 2. The molecule has 26 heavy (non-hydrogen) atoms. The number of carbonyl (C=O) groups excluding carboxylic acids is 1. The van der Waals surface area contributed by atoms with Gasteiger partial charge in [0.05, 0.1) is 23.3 Å². The summed E-state index contributed by atoms with van der Waals surface area (Å²) in [5.41, 5.74) is 3.53. The molecule has 2 aromatic heterocycles. The summed E-state index contributed by atoms with van der Waals surface area (Å²) >= 11 is 1.35. The van der Waals surface area contributed by atoms with E-state index >= 15 is 0 Å². The van der Waals surface area contributed by atoms with Crippen molar-refractivity contribution in [3.8, 4) is 11.3 Å². The minimum atomic E-state index is -0.207. The van der Waals surface area contributed by atoms with Crippen molar-refractivity contribution in [1.82, 2.24) is 15.3 Å². The van der Waals surface area contributed by atoms with Crippen LogP contribution in [-0.4, -0.2) is 42.1 Å². The Balaban J connectivity index is 1.53. The summed E-state index contributed by atoms with van der Waals surface area (Å²) < 4.78 is 0. The number of anilines is 2. The molecule has 3 heterocycles. The molecule has 3 aromatic rings. The summed E-state index contributed by atoms with van der Waals surface area (Å²) in [6.07, 6.45) is 3.45. The lowest BCUT2D eigenvalue weighted by Crippen LogP contribution is -2.43. The summed E-state index contributed by atoms with van der Waals surface area (Å²) in [5, 5.41) is 8.66. The normalized spacial score (nSPS) is 14.2. The van der Waals surface area contributed by atoms with Crippen LogP contribution in [0.5, 0.6) is 0 Å². The van der Waals surface area contributed by atoms with E-state index in [1.807, 2.05) is 41.8 Å². The van der Waals surface area contributed by atoms with E-state index in [2.05, 4.69) is 25.5 Å². The zero-order chi connectivity index (χ0) is 17.8. The van der Waals surface area contributed by atoms with Crippen molar-refractivity contribution < 1.29 is 4.79 Å². The highest BCUT2D eigenvalue weighted by Gasteiger charge is 2.18. The van der Waals surface area contributed by atoms with E-state index in [-0.39, 0.29) is 5.91 Å². The largest absolute Gasteiger partial charge is 0.367 e. The number of pyridine rings is 1. The first-order valence-electron chi connectivity index (χ1n) is 8.53. The smallest absolute Gasteiger partial charge is 0.284 e. The fourth-order valence-electron chi connectivity index (χ4n) is 2.96. The van der Waals surface area contributed by atoms with Gasteiger partial charge in [-0.3, -0.25) is 9.78 Å². The third-order valence-electron chi connectivity index (χ3n) is 4.27. The van der Waals surface area contributed by atoms with Gasteiger partial charge < -0.3 is 15.5 Å². The molecule has 6 nitrogen and oxygen atoms in total. The van der Waals surface area contributed by atoms with Crippen LogP contribution in [0.1, 0.15) is 9.80 Å². The predicted octanol–water partition coefficient (Wildman–Crippen LogP) is 2.87. The van der Waals surface area contributed by atoms with E-state index in [9.17, 15) is 4.79 Å². The molecule has 4 rings (SSSR count). The van der Waals surface area contributed by atoms with Crippen LogP contribution >= 0.6 is 11.3 Å². The van der Waals surface area contributed by atoms with Crippen LogP contribution in [0.4, 0.5) is 11.4 Å². The molecule has 1 fully saturated rings. The number of carbonyl (C=O) groups is 1. The maximum Gasteiger partial charge on any atom is 0.284 e. The van der Waals surface area contributed by atoms with Gasteiger partial charge in [-0.15, -0.1) is 11.3 Å². The summed E-state index contributed by atoms with van der Waals surface area (Å²) in [7, 11) is 0. The summed E-state index contributed by atoms with van der Waals surface area (Å²) in [4.78, 5) is 23.6. The minimum absolute atomic E-state index is 0.207. The van der Waals surface area contributed by atoms with Gasteiger partial charge in [-0.05, 0) is 6.07 Å². The second kappa shape index (κ2) is 7.63. The topological polar surface area (TPSA) is 70.2 Å². The molecular formula is C19H19N5OS.